The minimum Gasteiger partial charge on any atom is -0.378 e. The van der Waals surface area contributed by atoms with Gasteiger partial charge in [-0.1, -0.05) is 0 Å². The summed E-state index contributed by atoms with van der Waals surface area (Å²) in [7, 11) is 0. The Morgan fingerprint density at radius 3 is 2.42 bits per heavy atom. The molecule has 3 aliphatic rings. The molecule has 0 atom stereocenters. The number of aryl methyl sites for hydroxylation is 1. The molecular formula is C25H33N9O3S. The summed E-state index contributed by atoms with van der Waals surface area (Å²) in [5, 5.41) is 14.5. The van der Waals surface area contributed by atoms with E-state index in [0.717, 1.165) is 31.6 Å². The smallest absolute Gasteiger partial charge is 0.320 e. The number of hydrogen-bond acceptors (Lipinski definition) is 10. The second-order valence-electron chi connectivity index (χ2n) is 9.76. The molecule has 38 heavy (non-hydrogen) atoms. The molecule has 0 saturated carbocycles. The number of carbonyl (C=O) groups is 2. The van der Waals surface area contributed by atoms with Crippen molar-refractivity contribution >= 4 is 34.2 Å². The van der Waals surface area contributed by atoms with Gasteiger partial charge in [0.1, 0.15) is 17.3 Å². The van der Waals surface area contributed by atoms with Crippen LogP contribution in [0.4, 0.5) is 15.7 Å². The number of carbonyl (C=O) groups excluding carboxylic acids is 2. The van der Waals surface area contributed by atoms with Crippen molar-refractivity contribution in [3.8, 4) is 6.07 Å². The van der Waals surface area contributed by atoms with Crippen molar-refractivity contribution in [2.75, 3.05) is 77.4 Å². The Morgan fingerprint density at radius 1 is 1.03 bits per heavy atom. The molecule has 2 aromatic heterocycles. The maximum Gasteiger partial charge on any atom is 0.320 e. The van der Waals surface area contributed by atoms with Crippen molar-refractivity contribution in [2.45, 2.75) is 25.7 Å². The number of ether oxygens (including phenoxy) is 1. The van der Waals surface area contributed by atoms with Gasteiger partial charge in [0.05, 0.1) is 25.8 Å². The molecule has 13 heteroatoms. The van der Waals surface area contributed by atoms with Crippen LogP contribution < -0.4 is 5.32 Å². The van der Waals surface area contributed by atoms with E-state index >= 15 is 0 Å². The van der Waals surface area contributed by atoms with Crippen molar-refractivity contribution in [3.05, 3.63) is 28.7 Å². The maximum atomic E-state index is 13.1. The third-order valence-electron chi connectivity index (χ3n) is 7.24. The Balaban J connectivity index is 1.16. The van der Waals surface area contributed by atoms with E-state index in [1.165, 1.54) is 11.3 Å². The molecular weight excluding hydrogens is 506 g/mol. The van der Waals surface area contributed by atoms with Gasteiger partial charge in [-0.05, 0) is 32.9 Å². The number of aromatic nitrogens is 3. The van der Waals surface area contributed by atoms with Crippen molar-refractivity contribution in [1.29, 1.82) is 5.26 Å². The minimum absolute atomic E-state index is 0.0211. The number of morpholine rings is 1. The van der Waals surface area contributed by atoms with E-state index in [9.17, 15) is 9.59 Å². The highest BCUT2D eigenvalue weighted by atomic mass is 32.1. The summed E-state index contributed by atoms with van der Waals surface area (Å²) in [4.78, 5) is 47.1. The normalized spacial score (nSPS) is 19.3. The summed E-state index contributed by atoms with van der Waals surface area (Å²) in [6.07, 6.45) is 1.91. The lowest BCUT2D eigenvalue weighted by molar-refractivity contribution is 0.0362. The number of thiazole rings is 1. The van der Waals surface area contributed by atoms with Gasteiger partial charge in [0.2, 0.25) is 0 Å². The highest BCUT2D eigenvalue weighted by Gasteiger charge is 2.29. The van der Waals surface area contributed by atoms with E-state index in [2.05, 4.69) is 31.2 Å². The third kappa shape index (κ3) is 6.20. The number of amides is 3. The Kier molecular flexibility index (Phi) is 8.31. The molecule has 0 bridgehead atoms. The average Bonchev–Trinajstić information content (AvgIpc) is 3.41. The molecule has 5 rings (SSSR count). The first-order valence-corrected chi connectivity index (χ1v) is 14.0. The van der Waals surface area contributed by atoms with Gasteiger partial charge in [-0.2, -0.15) is 5.26 Å². The molecule has 3 saturated heterocycles. The van der Waals surface area contributed by atoms with Crippen LogP contribution in [-0.4, -0.2) is 119 Å². The summed E-state index contributed by atoms with van der Waals surface area (Å²) < 4.78 is 5.33. The Morgan fingerprint density at radius 2 is 1.71 bits per heavy atom. The lowest BCUT2D eigenvalue weighted by atomic mass is 9.93. The summed E-state index contributed by atoms with van der Waals surface area (Å²) >= 11 is 1.36. The van der Waals surface area contributed by atoms with E-state index in [-0.39, 0.29) is 11.9 Å². The van der Waals surface area contributed by atoms with Crippen molar-refractivity contribution < 1.29 is 14.3 Å². The van der Waals surface area contributed by atoms with Crippen LogP contribution in [0, 0.1) is 18.3 Å². The zero-order valence-corrected chi connectivity index (χ0v) is 22.5. The number of nitriles is 1. The van der Waals surface area contributed by atoms with E-state index < -0.39 is 0 Å². The zero-order chi connectivity index (χ0) is 26.5. The maximum absolute atomic E-state index is 13.1. The topological polar surface area (TPSA) is 131 Å². The summed E-state index contributed by atoms with van der Waals surface area (Å²) in [6.45, 7) is 8.47. The number of hydrogen-bond donors (Lipinski definition) is 1. The Labute approximate surface area is 226 Å². The molecule has 0 aliphatic carbocycles. The van der Waals surface area contributed by atoms with E-state index in [4.69, 9.17) is 10.00 Å². The summed E-state index contributed by atoms with van der Waals surface area (Å²) in [5.41, 5.74) is 1.38. The number of piperidine rings is 1. The molecule has 1 N–H and O–H groups in total. The quantitative estimate of drug-likeness (QED) is 0.566. The van der Waals surface area contributed by atoms with Gasteiger partial charge in [-0.15, -0.1) is 11.3 Å². The fourth-order valence-corrected chi connectivity index (χ4v) is 5.80. The molecule has 3 amide bonds. The lowest BCUT2D eigenvalue weighted by Gasteiger charge is -2.38. The van der Waals surface area contributed by atoms with Crippen LogP contribution >= 0.6 is 11.3 Å². The minimum atomic E-state index is -0.128. The lowest BCUT2D eigenvalue weighted by Crippen LogP contribution is -2.55. The molecule has 2 aromatic rings. The standard InChI is InChI=1S/C25H33N9O3S/c1-18-27-20(19-2-5-31(6-3-19)7-4-26)16-22(28-18)30-24-29-21(17-38-24)23(35)32-8-10-33(11-9-32)25(36)34-12-14-37-15-13-34/h16-17,19H,2-3,5-15H2,1H3,(H,27,28,29,30). The molecule has 5 heterocycles. The average molecular weight is 540 g/mol. The summed E-state index contributed by atoms with van der Waals surface area (Å²) in [5.74, 6) is 1.54. The van der Waals surface area contributed by atoms with Gasteiger partial charge in [0, 0.05) is 62.3 Å². The van der Waals surface area contributed by atoms with E-state index in [1.807, 2.05) is 22.8 Å². The second-order valence-corrected chi connectivity index (χ2v) is 10.6. The first-order valence-electron chi connectivity index (χ1n) is 13.1. The predicted molar refractivity (Wildman–Crippen MR) is 141 cm³/mol. The van der Waals surface area contributed by atoms with Gasteiger partial charge in [-0.25, -0.2) is 19.7 Å². The monoisotopic (exact) mass is 539 g/mol. The highest BCUT2D eigenvalue weighted by Crippen LogP contribution is 2.29. The van der Waals surface area contributed by atoms with Gasteiger partial charge in [0.25, 0.3) is 5.91 Å². The molecule has 0 spiro atoms. The van der Waals surface area contributed by atoms with Crippen LogP contribution in [0.2, 0.25) is 0 Å². The molecule has 0 aromatic carbocycles. The zero-order valence-electron chi connectivity index (χ0n) is 21.6. The SMILES string of the molecule is Cc1nc(Nc2nc(C(=O)N3CCN(C(=O)N4CCOCC4)CC3)cs2)cc(C2CCN(CC#N)CC2)n1. The van der Waals surface area contributed by atoms with Crippen LogP contribution in [0.15, 0.2) is 11.4 Å². The van der Waals surface area contributed by atoms with Gasteiger partial charge in [0.15, 0.2) is 5.13 Å². The predicted octanol–water partition coefficient (Wildman–Crippen LogP) is 1.90. The third-order valence-corrected chi connectivity index (χ3v) is 7.99. The Bertz CT molecular complexity index is 1180. The van der Waals surface area contributed by atoms with Crippen LogP contribution in [0.25, 0.3) is 0 Å². The van der Waals surface area contributed by atoms with Crippen molar-refractivity contribution in [2.24, 2.45) is 0 Å². The number of nitrogens with one attached hydrogen (secondary N) is 1. The van der Waals surface area contributed by atoms with Gasteiger partial charge >= 0.3 is 6.03 Å². The fraction of sp³-hybridized carbons (Fsp3) is 0.600. The van der Waals surface area contributed by atoms with Crippen molar-refractivity contribution in [1.82, 2.24) is 34.6 Å². The second kappa shape index (κ2) is 12.0. The number of likely N-dealkylation sites (tertiary alicyclic amines) is 1. The molecule has 0 unspecified atom stereocenters. The molecule has 12 nitrogen and oxygen atoms in total. The van der Waals surface area contributed by atoms with E-state index in [1.54, 1.807) is 10.3 Å². The number of anilines is 2. The molecule has 0 radical (unpaired) electrons. The van der Waals surface area contributed by atoms with Crippen LogP contribution in [-0.2, 0) is 4.74 Å². The molecule has 3 fully saturated rings. The van der Waals surface area contributed by atoms with Crippen LogP contribution in [0.1, 0.15) is 40.8 Å². The van der Waals surface area contributed by atoms with Crippen molar-refractivity contribution in [3.63, 3.8) is 0 Å². The highest BCUT2D eigenvalue weighted by molar-refractivity contribution is 7.14. The first kappa shape index (κ1) is 26.3. The summed E-state index contributed by atoms with van der Waals surface area (Å²) in [6, 6.07) is 4.21. The number of nitrogens with zero attached hydrogens (tertiary/aromatic N) is 8. The number of rotatable bonds is 5. The molecule has 202 valence electrons. The number of urea groups is 1. The van der Waals surface area contributed by atoms with Crippen LogP contribution in [0.3, 0.4) is 0 Å². The molecule has 3 aliphatic heterocycles. The Hall–Kier alpha value is -3.34. The first-order chi connectivity index (χ1) is 18.5. The fourth-order valence-electron chi connectivity index (χ4n) is 5.11. The largest absolute Gasteiger partial charge is 0.378 e. The van der Waals surface area contributed by atoms with Crippen LogP contribution in [0.5, 0.6) is 0 Å². The number of piperazine rings is 1. The van der Waals surface area contributed by atoms with E-state index in [0.29, 0.717) is 87.4 Å². The van der Waals surface area contributed by atoms with Gasteiger partial charge < -0.3 is 24.8 Å². The van der Waals surface area contributed by atoms with Gasteiger partial charge in [-0.3, -0.25) is 9.69 Å².